The number of benzene rings is 2. The molecule has 1 atom stereocenters. The molecule has 0 spiro atoms. The predicted octanol–water partition coefficient (Wildman–Crippen LogP) is 5.19. The third-order valence-electron chi connectivity index (χ3n) is 6.78. The van der Waals surface area contributed by atoms with Crippen molar-refractivity contribution in [2.24, 2.45) is 0 Å². The smallest absolute Gasteiger partial charge is 0.337 e. The van der Waals surface area contributed by atoms with Crippen LogP contribution in [0.25, 0.3) is 11.1 Å². The highest BCUT2D eigenvalue weighted by molar-refractivity contribution is 5.85. The predicted molar refractivity (Wildman–Crippen MR) is 127 cm³/mol. The maximum atomic E-state index is 12.6. The Balaban J connectivity index is 2.04. The molecule has 2 N–H and O–H groups in total. The van der Waals surface area contributed by atoms with Crippen molar-refractivity contribution < 1.29 is 19.4 Å². The molecule has 0 aliphatic carbocycles. The summed E-state index contributed by atoms with van der Waals surface area (Å²) in [5.74, 6) is 0.00489. The lowest BCUT2D eigenvalue weighted by atomic mass is 9.79. The molecule has 0 saturated carbocycles. The summed E-state index contributed by atoms with van der Waals surface area (Å²) in [7, 11) is 0. The van der Waals surface area contributed by atoms with Gasteiger partial charge in [0.2, 0.25) is 0 Å². The molecule has 2 aliphatic heterocycles. The van der Waals surface area contributed by atoms with Crippen molar-refractivity contribution in [3.63, 3.8) is 0 Å². The van der Waals surface area contributed by atoms with Crippen molar-refractivity contribution in [3.8, 4) is 16.9 Å². The van der Waals surface area contributed by atoms with Gasteiger partial charge in [-0.25, -0.2) is 4.79 Å². The van der Waals surface area contributed by atoms with Gasteiger partial charge >= 0.3 is 5.97 Å². The van der Waals surface area contributed by atoms with Gasteiger partial charge in [0.05, 0.1) is 12.2 Å². The Morgan fingerprint density at radius 1 is 1.06 bits per heavy atom. The van der Waals surface area contributed by atoms with Crippen LogP contribution in [-0.4, -0.2) is 29.8 Å². The molecule has 2 heterocycles. The maximum absolute atomic E-state index is 12.6. The van der Waals surface area contributed by atoms with Crippen LogP contribution in [0.15, 0.2) is 12.1 Å². The highest BCUT2D eigenvalue weighted by atomic mass is 16.5. The largest absolute Gasteiger partial charge is 0.493 e. The number of nitrogens with one attached hydrogen (secondary N) is 1. The van der Waals surface area contributed by atoms with Gasteiger partial charge in [0.25, 0.3) is 0 Å². The minimum atomic E-state index is -1.03. The van der Waals surface area contributed by atoms with Crippen LogP contribution in [0.5, 0.6) is 5.75 Å². The first-order chi connectivity index (χ1) is 15.1. The molecular weight excluding hydrogens is 402 g/mol. The number of aliphatic carboxylic acids is 1. The molecule has 0 fully saturated rings. The number of rotatable bonds is 4. The minimum absolute atomic E-state index is 0.586. The van der Waals surface area contributed by atoms with Crippen LogP contribution in [0.2, 0.25) is 0 Å². The number of carboxylic acid groups (broad SMARTS) is 1. The topological polar surface area (TPSA) is 67.8 Å². The van der Waals surface area contributed by atoms with Gasteiger partial charge in [-0.2, -0.15) is 0 Å². The molecule has 5 heteroatoms. The fourth-order valence-corrected chi connectivity index (χ4v) is 5.30. The van der Waals surface area contributed by atoms with E-state index in [1.165, 1.54) is 22.3 Å². The Morgan fingerprint density at radius 3 is 2.50 bits per heavy atom. The summed E-state index contributed by atoms with van der Waals surface area (Å²) in [6, 6.07) is 4.15. The van der Waals surface area contributed by atoms with E-state index in [2.05, 4.69) is 32.2 Å². The highest BCUT2D eigenvalue weighted by Crippen LogP contribution is 2.44. The van der Waals surface area contributed by atoms with Crippen molar-refractivity contribution in [2.75, 3.05) is 13.2 Å². The quantitative estimate of drug-likeness (QED) is 0.689. The Kier molecular flexibility index (Phi) is 6.08. The molecule has 172 valence electrons. The fourth-order valence-electron chi connectivity index (χ4n) is 5.30. The summed E-state index contributed by atoms with van der Waals surface area (Å²) in [6.45, 7) is 14.5. The van der Waals surface area contributed by atoms with Crippen molar-refractivity contribution >= 4 is 5.97 Å². The zero-order chi connectivity index (χ0) is 23.2. The SMILES string of the molecule is Cc1c(-c2c(C)c3c(c(C)c2C(OC(C)(C)C)C(=O)O)CCNC3)ccc2c1CCCO2. The first kappa shape index (κ1) is 22.8. The molecule has 2 aliphatic rings. The van der Waals surface area contributed by atoms with E-state index in [0.717, 1.165) is 72.5 Å². The third kappa shape index (κ3) is 4.04. The van der Waals surface area contributed by atoms with E-state index in [1.54, 1.807) is 0 Å². The van der Waals surface area contributed by atoms with Crippen LogP contribution in [0.1, 0.15) is 72.2 Å². The Bertz CT molecular complexity index is 1060. The van der Waals surface area contributed by atoms with Crippen LogP contribution in [0.4, 0.5) is 0 Å². The Hall–Kier alpha value is -2.37. The Labute approximate surface area is 191 Å². The summed E-state index contributed by atoms with van der Waals surface area (Å²) in [5.41, 5.74) is 9.47. The van der Waals surface area contributed by atoms with Crippen molar-refractivity contribution in [3.05, 3.63) is 51.1 Å². The van der Waals surface area contributed by atoms with E-state index >= 15 is 0 Å². The average Bonchev–Trinajstić information content (AvgIpc) is 2.75. The van der Waals surface area contributed by atoms with Crippen molar-refractivity contribution in [1.82, 2.24) is 5.32 Å². The summed E-state index contributed by atoms with van der Waals surface area (Å²) in [4.78, 5) is 12.6. The fraction of sp³-hybridized carbons (Fsp3) is 0.519. The normalized spacial score (nSPS) is 16.7. The van der Waals surface area contributed by atoms with Gasteiger partial charge in [-0.05, 0) is 118 Å². The van der Waals surface area contributed by atoms with E-state index in [0.29, 0.717) is 0 Å². The molecule has 5 nitrogen and oxygen atoms in total. The molecule has 0 bridgehead atoms. The molecule has 0 radical (unpaired) electrons. The number of fused-ring (bicyclic) bond motifs is 2. The molecule has 0 amide bonds. The second-order valence-electron chi connectivity index (χ2n) is 10.0. The Morgan fingerprint density at radius 2 is 1.81 bits per heavy atom. The molecule has 2 aromatic rings. The van der Waals surface area contributed by atoms with Gasteiger partial charge in [-0.3, -0.25) is 0 Å². The summed E-state index contributed by atoms with van der Waals surface area (Å²) < 4.78 is 12.1. The zero-order valence-electron chi connectivity index (χ0n) is 20.1. The molecular formula is C27H35NO4. The number of ether oxygens (including phenoxy) is 2. The molecule has 1 unspecified atom stereocenters. The first-order valence-electron chi connectivity index (χ1n) is 11.6. The average molecular weight is 438 g/mol. The molecule has 0 aromatic heterocycles. The van der Waals surface area contributed by atoms with E-state index in [9.17, 15) is 9.90 Å². The molecule has 32 heavy (non-hydrogen) atoms. The van der Waals surface area contributed by atoms with Crippen LogP contribution < -0.4 is 10.1 Å². The van der Waals surface area contributed by atoms with Gasteiger partial charge in [0.15, 0.2) is 6.10 Å². The standard InChI is InChI=1S/C27H35NO4/c1-15-19-8-7-13-31-22(19)10-9-20(15)23-17(3)21-14-28-12-11-18(21)16(2)24(23)25(26(29)30)32-27(4,5)6/h9-10,25,28H,7-8,11-14H2,1-6H3,(H,29,30). The maximum Gasteiger partial charge on any atom is 0.337 e. The lowest BCUT2D eigenvalue weighted by Gasteiger charge is -2.33. The van der Waals surface area contributed by atoms with Gasteiger partial charge in [-0.1, -0.05) is 6.07 Å². The van der Waals surface area contributed by atoms with Crippen LogP contribution in [-0.2, 0) is 28.9 Å². The van der Waals surface area contributed by atoms with E-state index in [-0.39, 0.29) is 0 Å². The molecule has 2 aromatic carbocycles. The van der Waals surface area contributed by atoms with E-state index in [4.69, 9.17) is 9.47 Å². The lowest BCUT2D eigenvalue weighted by molar-refractivity contribution is -0.160. The second-order valence-corrected chi connectivity index (χ2v) is 10.0. The summed E-state index contributed by atoms with van der Waals surface area (Å²) in [5, 5.41) is 13.8. The number of hydrogen-bond acceptors (Lipinski definition) is 4. The van der Waals surface area contributed by atoms with Crippen molar-refractivity contribution in [1.29, 1.82) is 0 Å². The van der Waals surface area contributed by atoms with Crippen LogP contribution in [0.3, 0.4) is 0 Å². The number of carbonyl (C=O) groups is 1. The van der Waals surface area contributed by atoms with Gasteiger partial charge in [0.1, 0.15) is 5.75 Å². The van der Waals surface area contributed by atoms with Gasteiger partial charge in [-0.15, -0.1) is 0 Å². The summed E-state index contributed by atoms with van der Waals surface area (Å²) in [6.07, 6.45) is 1.85. The molecule has 4 rings (SSSR count). The second kappa shape index (κ2) is 8.53. The van der Waals surface area contributed by atoms with Gasteiger partial charge < -0.3 is 19.9 Å². The number of carboxylic acids is 1. The number of hydrogen-bond donors (Lipinski definition) is 2. The zero-order valence-corrected chi connectivity index (χ0v) is 20.1. The molecule has 0 saturated heterocycles. The van der Waals surface area contributed by atoms with Crippen LogP contribution in [0, 0.1) is 20.8 Å². The highest BCUT2D eigenvalue weighted by Gasteiger charge is 2.34. The third-order valence-corrected chi connectivity index (χ3v) is 6.78. The first-order valence-corrected chi connectivity index (χ1v) is 11.6. The van der Waals surface area contributed by atoms with E-state index < -0.39 is 17.7 Å². The van der Waals surface area contributed by atoms with Crippen molar-refractivity contribution in [2.45, 2.75) is 79.1 Å². The monoisotopic (exact) mass is 437 g/mol. The summed E-state index contributed by atoms with van der Waals surface area (Å²) >= 11 is 0. The lowest BCUT2D eigenvalue weighted by Crippen LogP contribution is -2.31. The minimum Gasteiger partial charge on any atom is -0.493 e. The van der Waals surface area contributed by atoms with E-state index in [1.807, 2.05) is 26.8 Å². The van der Waals surface area contributed by atoms with Gasteiger partial charge in [0, 0.05) is 12.1 Å². The van der Waals surface area contributed by atoms with Crippen LogP contribution >= 0.6 is 0 Å².